The van der Waals surface area contributed by atoms with E-state index in [1.54, 1.807) is 7.11 Å². The van der Waals surface area contributed by atoms with Gasteiger partial charge < -0.3 is 14.2 Å². The lowest BCUT2D eigenvalue weighted by molar-refractivity contribution is 0.174. The summed E-state index contributed by atoms with van der Waals surface area (Å²) in [6.45, 7) is 0.246. The zero-order valence-electron chi connectivity index (χ0n) is 15.5. The molecular weight excluding hydrogens is 350 g/mol. The van der Waals surface area contributed by atoms with Crippen LogP contribution in [-0.2, 0) is 0 Å². The van der Waals surface area contributed by atoms with Crippen LogP contribution in [0.2, 0.25) is 0 Å². The van der Waals surface area contributed by atoms with E-state index in [2.05, 4.69) is 36.4 Å². The topological polar surface area (TPSA) is 51.5 Å². The maximum Gasteiger partial charge on any atom is 0.231 e. The lowest BCUT2D eigenvalue weighted by Crippen LogP contribution is -2.13. The zero-order chi connectivity index (χ0) is 19.1. The predicted molar refractivity (Wildman–Crippen MR) is 105 cm³/mol. The van der Waals surface area contributed by atoms with Crippen molar-refractivity contribution in [3.63, 3.8) is 0 Å². The van der Waals surface area contributed by atoms with Crippen molar-refractivity contribution in [2.75, 3.05) is 13.9 Å². The molecule has 0 radical (unpaired) electrons. The number of fused-ring (bicyclic) bond motifs is 2. The summed E-state index contributed by atoms with van der Waals surface area (Å²) in [5, 5.41) is 10.2. The van der Waals surface area contributed by atoms with Crippen molar-refractivity contribution in [3.8, 4) is 23.3 Å². The first-order valence-electron chi connectivity index (χ1n) is 9.32. The molecule has 0 fully saturated rings. The van der Waals surface area contributed by atoms with Crippen molar-refractivity contribution >= 4 is 0 Å². The van der Waals surface area contributed by atoms with E-state index in [1.165, 1.54) is 11.1 Å². The molecule has 3 aromatic carbocycles. The van der Waals surface area contributed by atoms with Gasteiger partial charge in [-0.15, -0.1) is 0 Å². The van der Waals surface area contributed by atoms with E-state index in [0.29, 0.717) is 0 Å². The number of rotatable bonds is 3. The van der Waals surface area contributed by atoms with Crippen molar-refractivity contribution in [3.05, 3.63) is 89.0 Å². The Kier molecular flexibility index (Phi) is 3.95. The van der Waals surface area contributed by atoms with Crippen molar-refractivity contribution in [1.82, 2.24) is 0 Å². The summed E-state index contributed by atoms with van der Waals surface area (Å²) in [6.07, 6.45) is 0. The van der Waals surface area contributed by atoms with Crippen LogP contribution in [0.15, 0.2) is 66.7 Å². The van der Waals surface area contributed by atoms with Gasteiger partial charge in [0.05, 0.1) is 19.1 Å². The molecule has 1 aliphatic heterocycles. The van der Waals surface area contributed by atoms with Gasteiger partial charge in [0, 0.05) is 11.8 Å². The van der Waals surface area contributed by atoms with Crippen LogP contribution in [0.5, 0.6) is 17.2 Å². The first-order chi connectivity index (χ1) is 13.8. The fourth-order valence-corrected chi connectivity index (χ4v) is 4.50. The highest BCUT2D eigenvalue weighted by Gasteiger charge is 2.42. The second kappa shape index (κ2) is 6.61. The van der Waals surface area contributed by atoms with Crippen molar-refractivity contribution in [2.24, 2.45) is 5.92 Å². The Bertz CT molecular complexity index is 1070. The quantitative estimate of drug-likeness (QED) is 0.663. The number of hydrogen-bond donors (Lipinski definition) is 0. The van der Waals surface area contributed by atoms with Crippen molar-refractivity contribution < 1.29 is 14.2 Å². The number of nitrogens with zero attached hydrogens (tertiary/aromatic N) is 1. The van der Waals surface area contributed by atoms with E-state index in [1.807, 2.05) is 36.4 Å². The summed E-state index contributed by atoms with van der Waals surface area (Å²) >= 11 is 0. The Labute approximate surface area is 163 Å². The largest absolute Gasteiger partial charge is 0.497 e. The molecule has 0 spiro atoms. The molecule has 1 aliphatic carbocycles. The Morgan fingerprint density at radius 2 is 1.50 bits per heavy atom. The highest BCUT2D eigenvalue weighted by Crippen LogP contribution is 2.53. The summed E-state index contributed by atoms with van der Waals surface area (Å²) < 4.78 is 16.3. The van der Waals surface area contributed by atoms with Crippen molar-refractivity contribution in [2.45, 2.75) is 11.8 Å². The SMILES string of the molecule is COc1ccc(C2c3ccccc3C(c3ccc4c(c3)OCO4)C2C#N)cc1. The van der Waals surface area contributed by atoms with E-state index in [9.17, 15) is 5.26 Å². The van der Waals surface area contributed by atoms with Gasteiger partial charge in [0.2, 0.25) is 6.79 Å². The average Bonchev–Trinajstić information content (AvgIpc) is 3.35. The Morgan fingerprint density at radius 3 is 2.18 bits per heavy atom. The third-order valence-electron chi connectivity index (χ3n) is 5.76. The molecule has 4 nitrogen and oxygen atoms in total. The van der Waals surface area contributed by atoms with E-state index in [-0.39, 0.29) is 24.5 Å². The highest BCUT2D eigenvalue weighted by molar-refractivity contribution is 5.55. The van der Waals surface area contributed by atoms with Crippen LogP contribution in [0.1, 0.15) is 34.1 Å². The number of hydrogen-bond acceptors (Lipinski definition) is 4. The van der Waals surface area contributed by atoms with Crippen LogP contribution in [0.4, 0.5) is 0 Å². The molecule has 3 aromatic rings. The molecule has 0 amide bonds. The number of methoxy groups -OCH3 is 1. The van der Waals surface area contributed by atoms with Gasteiger partial charge in [-0.3, -0.25) is 0 Å². The fraction of sp³-hybridized carbons (Fsp3) is 0.208. The summed E-state index contributed by atoms with van der Waals surface area (Å²) in [6, 6.07) is 25.0. The summed E-state index contributed by atoms with van der Waals surface area (Å²) in [5.74, 6) is 2.13. The molecule has 0 saturated carbocycles. The summed E-state index contributed by atoms with van der Waals surface area (Å²) in [7, 11) is 1.66. The van der Waals surface area contributed by atoms with Gasteiger partial charge in [0.25, 0.3) is 0 Å². The van der Waals surface area contributed by atoms with Crippen LogP contribution >= 0.6 is 0 Å². The van der Waals surface area contributed by atoms with E-state index in [4.69, 9.17) is 14.2 Å². The zero-order valence-corrected chi connectivity index (χ0v) is 15.5. The molecule has 1 heterocycles. The molecule has 0 bridgehead atoms. The predicted octanol–water partition coefficient (Wildman–Crippen LogP) is 4.84. The monoisotopic (exact) mass is 369 g/mol. The minimum atomic E-state index is -0.203. The average molecular weight is 369 g/mol. The van der Waals surface area contributed by atoms with Crippen LogP contribution in [0.25, 0.3) is 0 Å². The number of ether oxygens (including phenoxy) is 3. The summed E-state index contributed by atoms with van der Waals surface area (Å²) in [4.78, 5) is 0. The molecule has 0 aromatic heterocycles. The second-order valence-electron chi connectivity index (χ2n) is 7.13. The second-order valence-corrected chi connectivity index (χ2v) is 7.13. The Morgan fingerprint density at radius 1 is 0.857 bits per heavy atom. The van der Waals surface area contributed by atoms with Gasteiger partial charge in [0.1, 0.15) is 5.75 Å². The van der Waals surface area contributed by atoms with Gasteiger partial charge in [-0.05, 0) is 46.5 Å². The fourth-order valence-electron chi connectivity index (χ4n) is 4.50. The smallest absolute Gasteiger partial charge is 0.231 e. The van der Waals surface area contributed by atoms with Gasteiger partial charge in [0.15, 0.2) is 11.5 Å². The molecule has 3 unspecified atom stereocenters. The lowest BCUT2D eigenvalue weighted by Gasteiger charge is -2.20. The molecule has 2 aliphatic rings. The molecule has 4 heteroatoms. The molecular formula is C24H19NO3. The number of benzene rings is 3. The maximum absolute atomic E-state index is 10.2. The normalized spacial score (nSPS) is 21.8. The van der Waals surface area contributed by atoms with Gasteiger partial charge >= 0.3 is 0 Å². The summed E-state index contributed by atoms with van der Waals surface area (Å²) in [5.41, 5.74) is 4.62. The van der Waals surface area contributed by atoms with E-state index in [0.717, 1.165) is 28.4 Å². The Balaban J connectivity index is 1.63. The first kappa shape index (κ1) is 16.7. The molecule has 5 rings (SSSR count). The molecule has 0 N–H and O–H groups in total. The third kappa shape index (κ3) is 2.51. The Hall–Kier alpha value is -3.45. The van der Waals surface area contributed by atoms with E-state index < -0.39 is 0 Å². The molecule has 0 saturated heterocycles. The molecule has 138 valence electrons. The van der Waals surface area contributed by atoms with Crippen LogP contribution in [0, 0.1) is 17.2 Å². The van der Waals surface area contributed by atoms with Crippen LogP contribution < -0.4 is 14.2 Å². The van der Waals surface area contributed by atoms with E-state index >= 15 is 0 Å². The van der Waals surface area contributed by atoms with Crippen LogP contribution in [-0.4, -0.2) is 13.9 Å². The van der Waals surface area contributed by atoms with Gasteiger partial charge in [-0.2, -0.15) is 5.26 Å². The third-order valence-corrected chi connectivity index (χ3v) is 5.76. The minimum absolute atomic E-state index is 0.0113. The lowest BCUT2D eigenvalue weighted by atomic mass is 9.80. The highest BCUT2D eigenvalue weighted by atomic mass is 16.7. The first-order valence-corrected chi connectivity index (χ1v) is 9.32. The maximum atomic E-state index is 10.2. The molecule has 28 heavy (non-hydrogen) atoms. The van der Waals surface area contributed by atoms with Gasteiger partial charge in [-0.1, -0.05) is 42.5 Å². The minimum Gasteiger partial charge on any atom is -0.497 e. The van der Waals surface area contributed by atoms with Crippen LogP contribution in [0.3, 0.4) is 0 Å². The molecule has 3 atom stereocenters. The van der Waals surface area contributed by atoms with Crippen molar-refractivity contribution in [1.29, 1.82) is 5.26 Å². The standard InChI is InChI=1S/C24H19NO3/c1-26-17-9-6-15(7-10-17)23-18-4-2-3-5-19(18)24(20(23)13-25)16-8-11-21-22(12-16)28-14-27-21/h2-12,20,23-24H,14H2,1H3. The van der Waals surface area contributed by atoms with Gasteiger partial charge in [-0.25, -0.2) is 0 Å². The number of nitriles is 1.